The predicted octanol–water partition coefficient (Wildman–Crippen LogP) is -4.24. The fraction of sp³-hybridized carbons (Fsp3) is 1.00. The number of nitrogens with one attached hydrogen (secondary N) is 1. The molecule has 0 bridgehead atoms. The summed E-state index contributed by atoms with van der Waals surface area (Å²) >= 11 is 0. The van der Waals surface area contributed by atoms with Crippen LogP contribution in [0.25, 0.3) is 0 Å². The van der Waals surface area contributed by atoms with Gasteiger partial charge in [-0.3, -0.25) is 0 Å². The molecule has 0 aromatic rings. The van der Waals surface area contributed by atoms with Crippen molar-refractivity contribution in [3.05, 3.63) is 0 Å². The molecule has 0 radical (unpaired) electrons. The van der Waals surface area contributed by atoms with E-state index in [4.69, 9.17) is 0 Å². The van der Waals surface area contributed by atoms with Crippen LogP contribution in [-0.4, -0.2) is 82.4 Å². The molecule has 3 N–H and O–H groups in total. The van der Waals surface area contributed by atoms with Crippen molar-refractivity contribution in [1.29, 1.82) is 0 Å². The van der Waals surface area contributed by atoms with E-state index in [1.54, 1.807) is 0 Å². The zero-order valence-electron chi connectivity index (χ0n) is 16.8. The Hall–Kier alpha value is 0.420. The minimum Gasteiger partial charge on any atom is -1.00 e. The number of nitrogens with zero attached hydrogens (tertiary/aromatic N) is 2. The Bertz CT molecular complexity index is 267. The topological polar surface area (TPSA) is 43.5 Å². The highest BCUT2D eigenvalue weighted by Crippen LogP contribution is 2.17. The van der Waals surface area contributed by atoms with Gasteiger partial charge in [-0.25, -0.2) is 0 Å². The summed E-state index contributed by atoms with van der Waals surface area (Å²) in [5.41, 5.74) is 0.439. The monoisotopic (exact) mass is 375 g/mol. The highest BCUT2D eigenvalue weighted by Gasteiger charge is 2.17. The van der Waals surface area contributed by atoms with E-state index < -0.39 is 0 Å². The van der Waals surface area contributed by atoms with Gasteiger partial charge in [0.1, 0.15) is 0 Å². The van der Waals surface area contributed by atoms with Crippen molar-refractivity contribution in [2.24, 2.45) is 5.41 Å². The van der Waals surface area contributed by atoms with Crippen LogP contribution in [0.5, 0.6) is 0 Å². The Morgan fingerprint density at radius 1 is 0.826 bits per heavy atom. The molecular weight excluding hydrogens is 333 g/mol. The quantitative estimate of drug-likeness (QED) is 0.288. The van der Waals surface area contributed by atoms with Crippen molar-refractivity contribution < 1.29 is 39.3 Å². The lowest BCUT2D eigenvalue weighted by molar-refractivity contribution is -0.902. The SMILES string of the molecule is CCC(C)(C)CNCCC[N+](C)(C)CCC[N+](C)(C)C.O.[Cl-].[Cl-]. The Balaban J connectivity index is -0.000000602. The molecule has 0 heterocycles. The molecule has 0 rings (SSSR count). The lowest BCUT2D eigenvalue weighted by Crippen LogP contribution is -3.00. The van der Waals surface area contributed by atoms with Gasteiger partial charge in [0, 0.05) is 25.9 Å². The smallest absolute Gasteiger partial charge is 0.0836 e. The second kappa shape index (κ2) is 13.7. The Labute approximate surface area is 158 Å². The van der Waals surface area contributed by atoms with Crippen LogP contribution in [-0.2, 0) is 0 Å². The average molecular weight is 376 g/mol. The van der Waals surface area contributed by atoms with Gasteiger partial charge in [-0.2, -0.15) is 0 Å². The van der Waals surface area contributed by atoms with Crippen molar-refractivity contribution in [3.63, 3.8) is 0 Å². The van der Waals surface area contributed by atoms with Gasteiger partial charge in [-0.15, -0.1) is 0 Å². The van der Waals surface area contributed by atoms with E-state index in [1.165, 1.54) is 38.9 Å². The average Bonchev–Trinajstić information content (AvgIpc) is 2.26. The molecular formula is C17H43Cl2N3O. The summed E-state index contributed by atoms with van der Waals surface area (Å²) in [6.07, 6.45) is 3.83. The molecule has 4 nitrogen and oxygen atoms in total. The van der Waals surface area contributed by atoms with E-state index >= 15 is 0 Å². The van der Waals surface area contributed by atoms with Gasteiger partial charge in [-0.1, -0.05) is 20.8 Å². The van der Waals surface area contributed by atoms with Crippen LogP contribution in [0, 0.1) is 5.41 Å². The van der Waals surface area contributed by atoms with Gasteiger partial charge in [0.15, 0.2) is 0 Å². The van der Waals surface area contributed by atoms with E-state index in [0.717, 1.165) is 22.1 Å². The van der Waals surface area contributed by atoms with Crippen LogP contribution in [0.15, 0.2) is 0 Å². The lowest BCUT2D eigenvalue weighted by atomic mass is 9.90. The second-order valence-corrected chi connectivity index (χ2v) is 8.80. The standard InChI is InChI=1S/C17H41N3.2ClH.H2O/c1-9-17(2,3)16-18-12-10-14-20(7,8)15-11-13-19(4,5)6;;;/h18H,9-16H2,1-8H3;2*1H;1H2/q+2;;;/p-2. The lowest BCUT2D eigenvalue weighted by Gasteiger charge is -2.32. The molecule has 0 aliphatic rings. The summed E-state index contributed by atoms with van der Waals surface area (Å²) in [5, 5.41) is 3.62. The molecule has 0 amide bonds. The fourth-order valence-corrected chi connectivity index (χ4v) is 2.27. The molecule has 0 atom stereocenters. The van der Waals surface area contributed by atoms with Gasteiger partial charge in [0.2, 0.25) is 0 Å². The first-order valence-corrected chi connectivity index (χ1v) is 8.31. The Morgan fingerprint density at radius 2 is 1.30 bits per heavy atom. The van der Waals surface area contributed by atoms with Crippen molar-refractivity contribution in [2.45, 2.75) is 40.0 Å². The van der Waals surface area contributed by atoms with Crippen molar-refractivity contribution in [2.75, 3.05) is 68.0 Å². The molecule has 0 aromatic carbocycles. The van der Waals surface area contributed by atoms with Crippen LogP contribution < -0.4 is 30.1 Å². The second-order valence-electron chi connectivity index (χ2n) is 8.80. The highest BCUT2D eigenvalue weighted by atomic mass is 35.5. The van der Waals surface area contributed by atoms with Crippen molar-refractivity contribution in [3.8, 4) is 0 Å². The minimum atomic E-state index is 0. The maximum atomic E-state index is 3.62. The third-order valence-corrected chi connectivity index (χ3v) is 4.27. The van der Waals surface area contributed by atoms with Crippen molar-refractivity contribution >= 4 is 0 Å². The molecule has 0 spiro atoms. The van der Waals surface area contributed by atoms with E-state index in [1.807, 2.05) is 0 Å². The first-order chi connectivity index (χ1) is 8.97. The maximum Gasteiger partial charge on any atom is 0.0836 e. The van der Waals surface area contributed by atoms with Gasteiger partial charge < -0.3 is 44.6 Å². The summed E-state index contributed by atoms with van der Waals surface area (Å²) in [4.78, 5) is 0. The molecule has 0 saturated carbocycles. The summed E-state index contributed by atoms with van der Waals surface area (Å²) in [6.45, 7) is 13.1. The van der Waals surface area contributed by atoms with Crippen LogP contribution in [0.3, 0.4) is 0 Å². The van der Waals surface area contributed by atoms with E-state index in [9.17, 15) is 0 Å². The van der Waals surface area contributed by atoms with Crippen LogP contribution in [0.4, 0.5) is 0 Å². The van der Waals surface area contributed by atoms with E-state index in [0.29, 0.717) is 5.41 Å². The number of rotatable bonds is 11. The van der Waals surface area contributed by atoms with Crippen molar-refractivity contribution in [1.82, 2.24) is 5.32 Å². The normalized spacial score (nSPS) is 12.0. The summed E-state index contributed by atoms with van der Waals surface area (Å²) in [6, 6.07) is 0. The molecule has 146 valence electrons. The highest BCUT2D eigenvalue weighted by molar-refractivity contribution is 4.68. The molecule has 0 aliphatic heterocycles. The zero-order chi connectivity index (χ0) is 15.9. The molecule has 0 unspecified atom stereocenters. The van der Waals surface area contributed by atoms with Crippen LogP contribution in [0.2, 0.25) is 0 Å². The fourth-order valence-electron chi connectivity index (χ4n) is 2.27. The summed E-state index contributed by atoms with van der Waals surface area (Å²) in [5.74, 6) is 0. The van der Waals surface area contributed by atoms with Crippen LogP contribution in [0.1, 0.15) is 40.0 Å². The van der Waals surface area contributed by atoms with Crippen LogP contribution >= 0.6 is 0 Å². The van der Waals surface area contributed by atoms with E-state index in [2.05, 4.69) is 61.3 Å². The molecule has 6 heteroatoms. The molecule has 0 saturated heterocycles. The van der Waals surface area contributed by atoms with Gasteiger partial charge in [-0.05, 0) is 11.8 Å². The van der Waals surface area contributed by atoms with E-state index in [-0.39, 0.29) is 30.3 Å². The third-order valence-electron chi connectivity index (χ3n) is 4.27. The molecule has 0 fully saturated rings. The van der Waals surface area contributed by atoms with Gasteiger partial charge in [0.25, 0.3) is 0 Å². The third kappa shape index (κ3) is 20.4. The first kappa shape index (κ1) is 31.2. The number of hydrogen-bond donors (Lipinski definition) is 1. The minimum absolute atomic E-state index is 0. The van der Waals surface area contributed by atoms with Gasteiger partial charge in [0.05, 0.1) is 54.9 Å². The molecule has 0 aromatic heterocycles. The molecule has 0 aliphatic carbocycles. The Kier molecular flexibility index (Phi) is 18.6. The Morgan fingerprint density at radius 3 is 1.74 bits per heavy atom. The van der Waals surface area contributed by atoms with Gasteiger partial charge >= 0.3 is 0 Å². The summed E-state index contributed by atoms with van der Waals surface area (Å²) < 4.78 is 2.23. The summed E-state index contributed by atoms with van der Waals surface area (Å²) in [7, 11) is 11.6. The molecule has 23 heavy (non-hydrogen) atoms. The zero-order valence-corrected chi connectivity index (χ0v) is 18.3. The maximum absolute atomic E-state index is 3.62. The number of quaternary nitrogens is 2. The largest absolute Gasteiger partial charge is 1.00 e. The predicted molar refractivity (Wildman–Crippen MR) is 94.5 cm³/mol. The first-order valence-electron chi connectivity index (χ1n) is 8.31. The number of hydrogen-bond acceptors (Lipinski definition) is 1. The number of halogens is 2.